The van der Waals surface area contributed by atoms with Gasteiger partial charge in [0.05, 0.1) is 24.1 Å². The Labute approximate surface area is 108 Å². The highest BCUT2D eigenvalue weighted by Crippen LogP contribution is 2.21. The van der Waals surface area contributed by atoms with E-state index in [0.717, 1.165) is 0 Å². The molecular weight excluding hydrogens is 230 g/mol. The summed E-state index contributed by atoms with van der Waals surface area (Å²) in [6.07, 6.45) is 2.05. The van der Waals surface area contributed by atoms with Gasteiger partial charge in [-0.1, -0.05) is 6.92 Å². The third kappa shape index (κ3) is 3.54. The van der Waals surface area contributed by atoms with Crippen LogP contribution >= 0.6 is 0 Å². The van der Waals surface area contributed by atoms with E-state index in [2.05, 4.69) is 11.4 Å². The molecule has 5 nitrogen and oxygen atoms in total. The third-order valence-electron chi connectivity index (χ3n) is 3.26. The van der Waals surface area contributed by atoms with E-state index in [1.54, 1.807) is 0 Å². The molecule has 1 aliphatic heterocycles. The lowest BCUT2D eigenvalue weighted by atomic mass is 9.89. The number of rotatable bonds is 5. The number of nitrogens with zero attached hydrogens (tertiary/aromatic N) is 2. The van der Waals surface area contributed by atoms with Crippen LogP contribution in [0.1, 0.15) is 40.0 Å². The number of carbonyl (C=O) groups is 2. The van der Waals surface area contributed by atoms with Gasteiger partial charge in [-0.15, -0.1) is 0 Å². The Morgan fingerprint density at radius 2 is 2.17 bits per heavy atom. The van der Waals surface area contributed by atoms with Gasteiger partial charge < -0.3 is 0 Å². The smallest absolute Gasteiger partial charge is 0.246 e. The van der Waals surface area contributed by atoms with Crippen molar-refractivity contribution in [1.29, 1.82) is 5.26 Å². The number of nitrogens with one attached hydrogen (secondary N) is 1. The molecule has 100 valence electrons. The Bertz CT molecular complexity index is 371. The summed E-state index contributed by atoms with van der Waals surface area (Å²) in [6, 6.07) is 1.98. The zero-order chi connectivity index (χ0) is 13.8. The fourth-order valence-corrected chi connectivity index (χ4v) is 1.99. The van der Waals surface area contributed by atoms with Gasteiger partial charge in [0.25, 0.3) is 0 Å². The van der Waals surface area contributed by atoms with Gasteiger partial charge in [0, 0.05) is 6.54 Å². The number of hydrogen-bond donors (Lipinski definition) is 1. The molecule has 1 aliphatic rings. The lowest BCUT2D eigenvalue weighted by Gasteiger charge is -2.31. The average Bonchev–Trinajstić information content (AvgIpc) is 2.33. The Morgan fingerprint density at radius 3 is 2.72 bits per heavy atom. The zero-order valence-electron chi connectivity index (χ0n) is 11.3. The monoisotopic (exact) mass is 251 g/mol. The average molecular weight is 251 g/mol. The molecule has 1 N–H and O–H groups in total. The first-order valence-corrected chi connectivity index (χ1v) is 6.40. The molecule has 18 heavy (non-hydrogen) atoms. The van der Waals surface area contributed by atoms with E-state index < -0.39 is 5.41 Å². The van der Waals surface area contributed by atoms with Crippen LogP contribution in [0.2, 0.25) is 0 Å². The zero-order valence-corrected chi connectivity index (χ0v) is 11.3. The second kappa shape index (κ2) is 5.96. The summed E-state index contributed by atoms with van der Waals surface area (Å²) in [5.74, 6) is -0.303. The molecule has 1 atom stereocenters. The second-order valence-corrected chi connectivity index (χ2v) is 5.32. The topological polar surface area (TPSA) is 73.2 Å². The molecule has 0 saturated carbocycles. The van der Waals surface area contributed by atoms with Crippen molar-refractivity contribution in [2.45, 2.75) is 46.1 Å². The first-order valence-electron chi connectivity index (χ1n) is 6.40. The number of hydrogen-bond acceptors (Lipinski definition) is 4. The van der Waals surface area contributed by atoms with Crippen molar-refractivity contribution in [1.82, 2.24) is 10.2 Å². The first kappa shape index (κ1) is 14.7. The summed E-state index contributed by atoms with van der Waals surface area (Å²) in [7, 11) is 0. The normalized spacial score (nSPS) is 21.0. The third-order valence-corrected chi connectivity index (χ3v) is 3.26. The molecule has 1 heterocycles. The number of nitriles is 1. The molecule has 1 saturated heterocycles. The molecule has 1 unspecified atom stereocenters. The summed E-state index contributed by atoms with van der Waals surface area (Å²) in [6.45, 7) is 6.29. The van der Waals surface area contributed by atoms with Crippen LogP contribution in [0.15, 0.2) is 0 Å². The molecule has 1 fully saturated rings. The molecule has 0 aromatic heterocycles. The van der Waals surface area contributed by atoms with E-state index in [4.69, 9.17) is 5.26 Å². The van der Waals surface area contributed by atoms with Crippen molar-refractivity contribution in [2.75, 3.05) is 13.1 Å². The molecule has 0 aromatic rings. The van der Waals surface area contributed by atoms with Crippen LogP contribution in [0.4, 0.5) is 0 Å². The Morgan fingerprint density at radius 1 is 1.50 bits per heavy atom. The quantitative estimate of drug-likeness (QED) is 0.741. The lowest BCUT2D eigenvalue weighted by Crippen LogP contribution is -2.58. The summed E-state index contributed by atoms with van der Waals surface area (Å²) >= 11 is 0. The van der Waals surface area contributed by atoms with E-state index in [1.165, 1.54) is 4.90 Å². The van der Waals surface area contributed by atoms with Crippen LogP contribution < -0.4 is 5.32 Å². The number of piperazine rings is 1. The van der Waals surface area contributed by atoms with Gasteiger partial charge in [0.15, 0.2) is 0 Å². The van der Waals surface area contributed by atoms with Crippen LogP contribution in [0, 0.1) is 16.7 Å². The second-order valence-electron chi connectivity index (χ2n) is 5.32. The molecule has 0 spiro atoms. The van der Waals surface area contributed by atoms with Crippen molar-refractivity contribution >= 4 is 11.8 Å². The maximum atomic E-state index is 12.0. The minimum absolute atomic E-state index is 0.136. The molecule has 2 amide bonds. The standard InChI is InChI=1S/C13H21N3O2/c1-4-10-12(18)16(11(17)8-15-10)7-5-6-13(2,3)9-14/h10,15H,4-8H2,1-3H3. The predicted molar refractivity (Wildman–Crippen MR) is 67.4 cm³/mol. The number of amides is 2. The van der Waals surface area contributed by atoms with Gasteiger partial charge in [0.2, 0.25) is 11.8 Å². The van der Waals surface area contributed by atoms with Crippen LogP contribution in [0.3, 0.4) is 0 Å². The van der Waals surface area contributed by atoms with E-state index in [9.17, 15) is 9.59 Å². The van der Waals surface area contributed by atoms with E-state index in [-0.39, 0.29) is 24.4 Å². The van der Waals surface area contributed by atoms with Gasteiger partial charge in [0.1, 0.15) is 0 Å². The van der Waals surface area contributed by atoms with E-state index in [1.807, 2.05) is 20.8 Å². The maximum Gasteiger partial charge on any atom is 0.246 e. The van der Waals surface area contributed by atoms with Crippen molar-refractivity contribution in [3.05, 3.63) is 0 Å². The maximum absolute atomic E-state index is 12.0. The van der Waals surface area contributed by atoms with E-state index in [0.29, 0.717) is 25.8 Å². The first-order chi connectivity index (χ1) is 8.41. The highest BCUT2D eigenvalue weighted by molar-refractivity contribution is 6.01. The largest absolute Gasteiger partial charge is 0.297 e. The van der Waals surface area contributed by atoms with Crippen LogP contribution in [-0.4, -0.2) is 35.8 Å². The van der Waals surface area contributed by atoms with E-state index >= 15 is 0 Å². The van der Waals surface area contributed by atoms with Crippen molar-refractivity contribution in [2.24, 2.45) is 5.41 Å². The van der Waals surface area contributed by atoms with Gasteiger partial charge in [-0.05, 0) is 33.1 Å². The molecule has 0 bridgehead atoms. The predicted octanol–water partition coefficient (Wildman–Crippen LogP) is 1.05. The van der Waals surface area contributed by atoms with Crippen molar-refractivity contribution in [3.63, 3.8) is 0 Å². The van der Waals surface area contributed by atoms with Gasteiger partial charge >= 0.3 is 0 Å². The summed E-state index contributed by atoms with van der Waals surface area (Å²) in [5.41, 5.74) is -0.399. The SMILES string of the molecule is CCC1NCC(=O)N(CCCC(C)(C)C#N)C1=O. The summed E-state index contributed by atoms with van der Waals surface area (Å²) < 4.78 is 0. The molecular formula is C13H21N3O2. The van der Waals surface area contributed by atoms with Crippen LogP contribution in [0.25, 0.3) is 0 Å². The summed E-state index contributed by atoms with van der Waals surface area (Å²) in [4.78, 5) is 25.0. The Hall–Kier alpha value is -1.41. The Balaban J connectivity index is 2.52. The molecule has 0 radical (unpaired) electrons. The fourth-order valence-electron chi connectivity index (χ4n) is 1.99. The van der Waals surface area contributed by atoms with Gasteiger partial charge in [-0.2, -0.15) is 5.26 Å². The highest BCUT2D eigenvalue weighted by atomic mass is 16.2. The highest BCUT2D eigenvalue weighted by Gasteiger charge is 2.32. The molecule has 5 heteroatoms. The number of carbonyl (C=O) groups excluding carboxylic acids is 2. The minimum atomic E-state index is -0.399. The lowest BCUT2D eigenvalue weighted by molar-refractivity contribution is -0.149. The molecule has 0 aliphatic carbocycles. The van der Waals surface area contributed by atoms with Crippen LogP contribution in [0.5, 0.6) is 0 Å². The Kier molecular flexibility index (Phi) is 4.85. The van der Waals surface area contributed by atoms with Crippen LogP contribution in [-0.2, 0) is 9.59 Å². The fraction of sp³-hybridized carbons (Fsp3) is 0.769. The van der Waals surface area contributed by atoms with Crippen molar-refractivity contribution in [3.8, 4) is 6.07 Å². The van der Waals surface area contributed by atoms with Gasteiger partial charge in [-0.3, -0.25) is 19.8 Å². The summed E-state index contributed by atoms with van der Waals surface area (Å²) in [5, 5.41) is 11.8. The number of imide groups is 1. The minimum Gasteiger partial charge on any atom is -0.297 e. The molecule has 1 rings (SSSR count). The van der Waals surface area contributed by atoms with Crippen molar-refractivity contribution < 1.29 is 9.59 Å². The molecule has 0 aromatic carbocycles. The van der Waals surface area contributed by atoms with Gasteiger partial charge in [-0.25, -0.2) is 0 Å².